The van der Waals surface area contributed by atoms with Gasteiger partial charge in [0.15, 0.2) is 0 Å². The summed E-state index contributed by atoms with van der Waals surface area (Å²) in [4.78, 5) is 11.4. The Bertz CT molecular complexity index is 368. The second-order valence-corrected chi connectivity index (χ2v) is 4.97. The number of benzene rings is 1. The maximum atomic E-state index is 11.4. The highest BCUT2D eigenvalue weighted by molar-refractivity contribution is 5.81. The van der Waals surface area contributed by atoms with Crippen molar-refractivity contribution in [3.63, 3.8) is 0 Å². The lowest BCUT2D eigenvalue weighted by molar-refractivity contribution is -0.117. The van der Waals surface area contributed by atoms with Gasteiger partial charge in [0.1, 0.15) is 5.78 Å². The second-order valence-electron chi connectivity index (χ2n) is 4.97. The maximum Gasteiger partial charge on any atom is 0.133 e. The zero-order valence-corrected chi connectivity index (χ0v) is 8.86. The lowest BCUT2D eigenvalue weighted by atomic mass is 9.86. The standard InChI is InChI=1S/C14H16O/c15-12-8-11-6-7-13(14(11)9-12)10-4-2-1-3-5-10/h1-5,11,13-14H,6-9H2/t11-,13+,14+/m1/s1. The molecular weight excluding hydrogens is 184 g/mol. The van der Waals surface area contributed by atoms with E-state index in [-0.39, 0.29) is 0 Å². The van der Waals surface area contributed by atoms with Crippen LogP contribution in [0.3, 0.4) is 0 Å². The first kappa shape index (κ1) is 9.14. The normalized spacial score (nSPS) is 34.4. The lowest BCUT2D eigenvalue weighted by Gasteiger charge is -2.17. The van der Waals surface area contributed by atoms with Gasteiger partial charge in [0.2, 0.25) is 0 Å². The number of carbonyl (C=O) groups excluding carboxylic acids is 1. The molecule has 0 unspecified atom stereocenters. The molecule has 1 nitrogen and oxygen atoms in total. The molecule has 0 amide bonds. The third-order valence-corrected chi connectivity index (χ3v) is 4.15. The molecule has 0 bridgehead atoms. The predicted octanol–water partition coefficient (Wildman–Crippen LogP) is 3.16. The van der Waals surface area contributed by atoms with Crippen LogP contribution in [0.15, 0.2) is 30.3 Å². The van der Waals surface area contributed by atoms with Crippen LogP contribution in [0.25, 0.3) is 0 Å². The molecule has 0 aliphatic heterocycles. The Morgan fingerprint density at radius 3 is 2.60 bits per heavy atom. The summed E-state index contributed by atoms with van der Waals surface area (Å²) >= 11 is 0. The average Bonchev–Trinajstić information content (AvgIpc) is 2.77. The number of Topliss-reactive ketones (excluding diaryl/α,β-unsaturated/α-hetero) is 1. The van der Waals surface area contributed by atoms with E-state index in [1.807, 2.05) is 0 Å². The molecule has 2 aliphatic carbocycles. The smallest absolute Gasteiger partial charge is 0.133 e. The largest absolute Gasteiger partial charge is 0.300 e. The van der Waals surface area contributed by atoms with Crippen LogP contribution in [-0.4, -0.2) is 5.78 Å². The Kier molecular flexibility index (Phi) is 2.12. The Hall–Kier alpha value is -1.11. The highest BCUT2D eigenvalue weighted by Gasteiger charge is 2.42. The molecule has 1 heteroatoms. The number of rotatable bonds is 1. The lowest BCUT2D eigenvalue weighted by Crippen LogP contribution is -2.07. The van der Waals surface area contributed by atoms with Gasteiger partial charge in [-0.1, -0.05) is 30.3 Å². The fourth-order valence-corrected chi connectivity index (χ4v) is 3.47. The third kappa shape index (κ3) is 1.50. The first-order chi connectivity index (χ1) is 7.34. The zero-order valence-electron chi connectivity index (χ0n) is 8.86. The molecule has 2 saturated carbocycles. The molecule has 0 N–H and O–H groups in total. The number of hydrogen-bond acceptors (Lipinski definition) is 1. The fourth-order valence-electron chi connectivity index (χ4n) is 3.47. The number of fused-ring (bicyclic) bond motifs is 1. The van der Waals surface area contributed by atoms with Gasteiger partial charge >= 0.3 is 0 Å². The van der Waals surface area contributed by atoms with Crippen molar-refractivity contribution >= 4 is 5.78 Å². The summed E-state index contributed by atoms with van der Waals surface area (Å²) in [5.74, 6) is 2.50. The average molecular weight is 200 g/mol. The second kappa shape index (κ2) is 3.48. The van der Waals surface area contributed by atoms with Crippen LogP contribution >= 0.6 is 0 Å². The van der Waals surface area contributed by atoms with Crippen molar-refractivity contribution in [3.8, 4) is 0 Å². The van der Waals surface area contributed by atoms with Crippen molar-refractivity contribution in [1.29, 1.82) is 0 Å². The molecule has 3 atom stereocenters. The summed E-state index contributed by atoms with van der Waals surface area (Å²) in [5.41, 5.74) is 1.44. The van der Waals surface area contributed by atoms with E-state index in [0.29, 0.717) is 23.5 Å². The molecular formula is C14H16O. The first-order valence-corrected chi connectivity index (χ1v) is 5.91. The van der Waals surface area contributed by atoms with Gasteiger partial charge in [-0.2, -0.15) is 0 Å². The summed E-state index contributed by atoms with van der Waals surface area (Å²) in [5, 5.41) is 0. The summed E-state index contributed by atoms with van der Waals surface area (Å²) in [7, 11) is 0. The van der Waals surface area contributed by atoms with Crippen molar-refractivity contribution in [2.75, 3.05) is 0 Å². The van der Waals surface area contributed by atoms with Crippen LogP contribution in [0, 0.1) is 11.8 Å². The molecule has 78 valence electrons. The molecule has 1 aromatic carbocycles. The molecule has 3 rings (SSSR count). The van der Waals surface area contributed by atoms with E-state index < -0.39 is 0 Å². The SMILES string of the molecule is O=C1C[C@H]2CC[C@@H](c3ccccc3)[C@H]2C1. The first-order valence-electron chi connectivity index (χ1n) is 5.91. The van der Waals surface area contributed by atoms with Crippen molar-refractivity contribution in [1.82, 2.24) is 0 Å². The van der Waals surface area contributed by atoms with Gasteiger partial charge in [-0.3, -0.25) is 4.79 Å². The topological polar surface area (TPSA) is 17.1 Å². The number of hydrogen-bond donors (Lipinski definition) is 0. The van der Waals surface area contributed by atoms with Crippen molar-refractivity contribution in [2.45, 2.75) is 31.6 Å². The maximum absolute atomic E-state index is 11.4. The Balaban J connectivity index is 1.87. The summed E-state index contributed by atoms with van der Waals surface area (Å²) in [6.07, 6.45) is 4.24. The monoisotopic (exact) mass is 200 g/mol. The quantitative estimate of drug-likeness (QED) is 0.680. The molecule has 0 radical (unpaired) electrons. The van der Waals surface area contributed by atoms with Crippen LogP contribution in [-0.2, 0) is 4.79 Å². The van der Waals surface area contributed by atoms with Gasteiger partial charge in [0.05, 0.1) is 0 Å². The molecule has 1 aromatic rings. The minimum Gasteiger partial charge on any atom is -0.300 e. The molecule has 0 spiro atoms. The van der Waals surface area contributed by atoms with Crippen LogP contribution in [0.4, 0.5) is 0 Å². The number of carbonyl (C=O) groups is 1. The predicted molar refractivity (Wildman–Crippen MR) is 59.6 cm³/mol. The Morgan fingerprint density at radius 2 is 1.80 bits per heavy atom. The van der Waals surface area contributed by atoms with Crippen molar-refractivity contribution in [3.05, 3.63) is 35.9 Å². The van der Waals surface area contributed by atoms with Gasteiger partial charge in [-0.15, -0.1) is 0 Å². The van der Waals surface area contributed by atoms with E-state index in [0.717, 1.165) is 12.8 Å². The molecule has 15 heavy (non-hydrogen) atoms. The Morgan fingerprint density at radius 1 is 1.00 bits per heavy atom. The summed E-state index contributed by atoms with van der Waals surface area (Å²) in [6, 6.07) is 10.7. The van der Waals surface area contributed by atoms with Crippen LogP contribution < -0.4 is 0 Å². The van der Waals surface area contributed by atoms with Gasteiger partial charge in [-0.05, 0) is 36.2 Å². The van der Waals surface area contributed by atoms with Crippen molar-refractivity contribution in [2.24, 2.45) is 11.8 Å². The van der Waals surface area contributed by atoms with Gasteiger partial charge in [0.25, 0.3) is 0 Å². The number of ketones is 1. The van der Waals surface area contributed by atoms with E-state index in [9.17, 15) is 4.79 Å². The van der Waals surface area contributed by atoms with Crippen LogP contribution in [0.5, 0.6) is 0 Å². The molecule has 2 fully saturated rings. The minimum absolute atomic E-state index is 0.491. The summed E-state index contributed by atoms with van der Waals surface area (Å²) < 4.78 is 0. The highest BCUT2D eigenvalue weighted by Crippen LogP contribution is 2.50. The van der Waals surface area contributed by atoms with E-state index in [1.54, 1.807) is 0 Å². The van der Waals surface area contributed by atoms with E-state index in [4.69, 9.17) is 0 Å². The zero-order chi connectivity index (χ0) is 10.3. The molecule has 0 saturated heterocycles. The van der Waals surface area contributed by atoms with Gasteiger partial charge in [0, 0.05) is 12.8 Å². The molecule has 2 aliphatic rings. The third-order valence-electron chi connectivity index (χ3n) is 4.15. The van der Waals surface area contributed by atoms with Crippen LogP contribution in [0.2, 0.25) is 0 Å². The van der Waals surface area contributed by atoms with Gasteiger partial charge in [-0.25, -0.2) is 0 Å². The summed E-state index contributed by atoms with van der Waals surface area (Å²) in [6.45, 7) is 0. The minimum atomic E-state index is 0.491. The molecule has 0 aromatic heterocycles. The van der Waals surface area contributed by atoms with E-state index in [1.165, 1.54) is 18.4 Å². The highest BCUT2D eigenvalue weighted by atomic mass is 16.1. The Labute approximate surface area is 90.5 Å². The van der Waals surface area contributed by atoms with Crippen molar-refractivity contribution < 1.29 is 4.79 Å². The fraction of sp³-hybridized carbons (Fsp3) is 0.500. The molecule has 0 heterocycles. The van der Waals surface area contributed by atoms with E-state index >= 15 is 0 Å². The van der Waals surface area contributed by atoms with E-state index in [2.05, 4.69) is 30.3 Å². The van der Waals surface area contributed by atoms with Gasteiger partial charge < -0.3 is 0 Å². The van der Waals surface area contributed by atoms with Crippen LogP contribution in [0.1, 0.15) is 37.2 Å².